The first-order valence-corrected chi connectivity index (χ1v) is 15.3. The van der Waals surface area contributed by atoms with Crippen LogP contribution in [0.2, 0.25) is 0 Å². The summed E-state index contributed by atoms with van der Waals surface area (Å²) < 4.78 is 0. The van der Waals surface area contributed by atoms with E-state index in [2.05, 4.69) is 69.4 Å². The van der Waals surface area contributed by atoms with Crippen molar-refractivity contribution in [3.8, 4) is 0 Å². The number of nitrogens with one attached hydrogen (secondary N) is 2. The van der Waals surface area contributed by atoms with Gasteiger partial charge in [-0.1, -0.05) is 106 Å². The summed E-state index contributed by atoms with van der Waals surface area (Å²) in [4.78, 5) is 32.0. The van der Waals surface area contributed by atoms with Gasteiger partial charge in [0, 0.05) is 18.7 Å². The summed E-state index contributed by atoms with van der Waals surface area (Å²) in [5.74, 6) is 0.207. The van der Waals surface area contributed by atoms with Crippen LogP contribution in [0.4, 0.5) is 0 Å². The molecular formula is C36H42N4O2. The third-order valence-corrected chi connectivity index (χ3v) is 9.48. The Hall–Kier alpha value is -3.93. The lowest BCUT2D eigenvalue weighted by Crippen LogP contribution is -2.51. The first kappa shape index (κ1) is 28.2. The van der Waals surface area contributed by atoms with E-state index in [1.807, 2.05) is 35.2 Å². The van der Waals surface area contributed by atoms with Crippen molar-refractivity contribution in [1.82, 2.24) is 15.1 Å². The average molecular weight is 563 g/mol. The molecular weight excluding hydrogens is 520 g/mol. The van der Waals surface area contributed by atoms with Gasteiger partial charge in [0.05, 0.1) is 6.54 Å². The molecule has 2 N–H and O–H groups in total. The summed E-state index contributed by atoms with van der Waals surface area (Å²) in [6.45, 7) is 9.88. The van der Waals surface area contributed by atoms with Crippen molar-refractivity contribution in [1.29, 1.82) is 5.41 Å². The number of hydrogen-bond acceptors (Lipinski definition) is 3. The monoisotopic (exact) mass is 562 g/mol. The molecule has 3 aliphatic rings. The molecule has 0 radical (unpaired) electrons. The summed E-state index contributed by atoms with van der Waals surface area (Å²) >= 11 is 0. The van der Waals surface area contributed by atoms with Gasteiger partial charge in [-0.3, -0.25) is 19.9 Å². The molecule has 0 spiro atoms. The van der Waals surface area contributed by atoms with Crippen LogP contribution in [0.15, 0.2) is 66.7 Å². The number of carbonyl (C=O) groups is 2. The molecule has 218 valence electrons. The van der Waals surface area contributed by atoms with Crippen LogP contribution in [0.5, 0.6) is 0 Å². The van der Waals surface area contributed by atoms with Crippen LogP contribution < -0.4 is 5.32 Å². The Kier molecular flexibility index (Phi) is 7.20. The Morgan fingerprint density at radius 1 is 0.952 bits per heavy atom. The van der Waals surface area contributed by atoms with Crippen molar-refractivity contribution < 1.29 is 9.59 Å². The molecule has 6 rings (SSSR count). The van der Waals surface area contributed by atoms with Gasteiger partial charge in [0.15, 0.2) is 5.96 Å². The molecule has 1 saturated carbocycles. The van der Waals surface area contributed by atoms with Gasteiger partial charge in [0.25, 0.3) is 11.8 Å². The third-order valence-electron chi connectivity index (χ3n) is 9.48. The SMILES string of the molecule is Cc1ccc(C2(C3CCCCC3)NC(=N)N(Cc3ccc(C(C)(C)C)c(C(=O)N4Cc5ccccc5C4)c3)C2=O)cc1. The second kappa shape index (κ2) is 10.7. The molecule has 1 aliphatic carbocycles. The lowest BCUT2D eigenvalue weighted by molar-refractivity contribution is -0.134. The minimum Gasteiger partial charge on any atom is -0.338 e. The summed E-state index contributed by atoms with van der Waals surface area (Å²) in [6, 6.07) is 22.5. The summed E-state index contributed by atoms with van der Waals surface area (Å²) in [6.07, 6.45) is 5.31. The molecule has 2 heterocycles. The molecule has 1 saturated heterocycles. The van der Waals surface area contributed by atoms with Gasteiger partial charge in [-0.2, -0.15) is 0 Å². The molecule has 2 amide bonds. The molecule has 1 atom stereocenters. The van der Waals surface area contributed by atoms with Crippen molar-refractivity contribution in [2.45, 2.75) is 90.4 Å². The standard InChI is InChI=1S/C36H42N4O2/c1-24-14-17-29(18-15-24)36(28-12-6-5-7-13-28)33(42)40(34(37)38-36)21-25-16-19-31(35(2,3)4)30(20-25)32(41)39-22-26-10-8-9-11-27(26)23-39/h8-11,14-20,28H,5-7,12-13,21-23H2,1-4H3,(H2,37,38). The molecule has 6 heteroatoms. The van der Waals surface area contributed by atoms with E-state index < -0.39 is 5.54 Å². The highest BCUT2D eigenvalue weighted by Crippen LogP contribution is 2.44. The fourth-order valence-electron chi connectivity index (χ4n) is 7.18. The zero-order valence-corrected chi connectivity index (χ0v) is 25.3. The number of hydrogen-bond donors (Lipinski definition) is 2. The Morgan fingerprint density at radius 3 is 2.21 bits per heavy atom. The minimum absolute atomic E-state index is 0.00938. The van der Waals surface area contributed by atoms with E-state index in [4.69, 9.17) is 5.41 Å². The highest BCUT2D eigenvalue weighted by atomic mass is 16.2. The third kappa shape index (κ3) is 4.91. The molecule has 2 fully saturated rings. The Balaban J connectivity index is 1.33. The average Bonchev–Trinajstić information content (AvgIpc) is 3.52. The quantitative estimate of drug-likeness (QED) is 0.359. The topological polar surface area (TPSA) is 76.5 Å². The van der Waals surface area contributed by atoms with E-state index >= 15 is 0 Å². The zero-order chi connectivity index (χ0) is 29.6. The van der Waals surface area contributed by atoms with Crippen LogP contribution in [0.3, 0.4) is 0 Å². The van der Waals surface area contributed by atoms with Gasteiger partial charge < -0.3 is 10.2 Å². The van der Waals surface area contributed by atoms with Crippen molar-refractivity contribution in [3.05, 3.63) is 106 Å². The molecule has 6 nitrogen and oxygen atoms in total. The number of guanidine groups is 1. The molecule has 3 aromatic rings. The second-order valence-corrected chi connectivity index (χ2v) is 13.4. The predicted molar refractivity (Wildman–Crippen MR) is 166 cm³/mol. The predicted octanol–water partition coefficient (Wildman–Crippen LogP) is 6.79. The molecule has 0 bridgehead atoms. The van der Waals surface area contributed by atoms with Gasteiger partial charge in [-0.25, -0.2) is 0 Å². The largest absolute Gasteiger partial charge is 0.338 e. The van der Waals surface area contributed by atoms with Crippen LogP contribution >= 0.6 is 0 Å². The fourth-order valence-corrected chi connectivity index (χ4v) is 7.18. The summed E-state index contributed by atoms with van der Waals surface area (Å²) in [5.41, 5.74) is 5.82. The van der Waals surface area contributed by atoms with Gasteiger partial charge >= 0.3 is 0 Å². The van der Waals surface area contributed by atoms with E-state index in [0.29, 0.717) is 18.7 Å². The molecule has 0 aromatic heterocycles. The van der Waals surface area contributed by atoms with E-state index in [-0.39, 0.29) is 35.7 Å². The number of rotatable bonds is 5. The van der Waals surface area contributed by atoms with Crippen LogP contribution in [0, 0.1) is 18.3 Å². The summed E-state index contributed by atoms with van der Waals surface area (Å²) in [5, 5.41) is 12.4. The van der Waals surface area contributed by atoms with Crippen LogP contribution in [0.1, 0.15) is 96.6 Å². The fraction of sp³-hybridized carbons (Fsp3) is 0.417. The maximum Gasteiger partial charge on any atom is 0.260 e. The first-order chi connectivity index (χ1) is 20.1. The number of nitrogens with zero attached hydrogens (tertiary/aromatic N) is 2. The molecule has 1 unspecified atom stereocenters. The van der Waals surface area contributed by atoms with Crippen LogP contribution in [-0.2, 0) is 35.4 Å². The Bertz CT molecular complexity index is 1510. The Morgan fingerprint density at radius 2 is 1.60 bits per heavy atom. The molecule has 3 aromatic carbocycles. The van der Waals surface area contributed by atoms with Crippen molar-refractivity contribution in [2.24, 2.45) is 5.92 Å². The number of amides is 2. The number of carbonyl (C=O) groups excluding carboxylic acids is 2. The highest BCUT2D eigenvalue weighted by Gasteiger charge is 2.55. The van der Waals surface area contributed by atoms with Gasteiger partial charge in [0.1, 0.15) is 5.54 Å². The smallest absolute Gasteiger partial charge is 0.260 e. The molecule has 42 heavy (non-hydrogen) atoms. The van der Waals surface area contributed by atoms with Crippen molar-refractivity contribution in [2.75, 3.05) is 0 Å². The first-order valence-electron chi connectivity index (χ1n) is 15.3. The highest BCUT2D eigenvalue weighted by molar-refractivity contribution is 6.08. The van der Waals surface area contributed by atoms with Crippen LogP contribution in [0.25, 0.3) is 0 Å². The van der Waals surface area contributed by atoms with Gasteiger partial charge in [-0.05, 0) is 65.0 Å². The normalized spacial score (nSPS) is 21.0. The van der Waals surface area contributed by atoms with Crippen molar-refractivity contribution >= 4 is 17.8 Å². The maximum atomic E-state index is 14.5. The number of fused-ring (bicyclic) bond motifs is 1. The van der Waals surface area contributed by atoms with E-state index in [1.54, 1.807) is 4.90 Å². The summed E-state index contributed by atoms with van der Waals surface area (Å²) in [7, 11) is 0. The van der Waals surface area contributed by atoms with E-state index in [0.717, 1.165) is 47.9 Å². The maximum absolute atomic E-state index is 14.5. The van der Waals surface area contributed by atoms with Gasteiger partial charge in [0.2, 0.25) is 0 Å². The van der Waals surface area contributed by atoms with Gasteiger partial charge in [-0.15, -0.1) is 0 Å². The lowest BCUT2D eigenvalue weighted by atomic mass is 9.70. The van der Waals surface area contributed by atoms with Crippen LogP contribution in [-0.4, -0.2) is 27.6 Å². The molecule has 2 aliphatic heterocycles. The Labute approximate surface area is 249 Å². The minimum atomic E-state index is -0.934. The zero-order valence-electron chi connectivity index (χ0n) is 25.3. The lowest BCUT2D eigenvalue weighted by Gasteiger charge is -2.38. The van der Waals surface area contributed by atoms with E-state index in [9.17, 15) is 9.59 Å². The van der Waals surface area contributed by atoms with E-state index in [1.165, 1.54) is 17.5 Å². The number of aryl methyl sites for hydroxylation is 1. The number of benzene rings is 3. The second-order valence-electron chi connectivity index (χ2n) is 13.4. The van der Waals surface area contributed by atoms with Crippen molar-refractivity contribution in [3.63, 3.8) is 0 Å².